The Labute approximate surface area is 116 Å². The zero-order valence-corrected chi connectivity index (χ0v) is 12.2. The number of ether oxygens (including phenoxy) is 1. The van der Waals surface area contributed by atoms with Crippen LogP contribution in [0.2, 0.25) is 0 Å². The van der Waals surface area contributed by atoms with Crippen molar-refractivity contribution in [2.45, 2.75) is 24.6 Å². The summed E-state index contributed by atoms with van der Waals surface area (Å²) in [5.41, 5.74) is 1.21. The third-order valence-corrected chi connectivity index (χ3v) is 5.53. The first kappa shape index (κ1) is 11.9. The fraction of sp³-hybridized carbons (Fsp3) is 0.571. The zero-order chi connectivity index (χ0) is 12.0. The Kier molecular flexibility index (Phi) is 3.12. The van der Waals surface area contributed by atoms with Crippen molar-refractivity contribution in [3.63, 3.8) is 0 Å². The Balaban J connectivity index is 1.80. The van der Waals surface area contributed by atoms with Gasteiger partial charge in [0.2, 0.25) is 0 Å². The molecule has 1 nitrogen and oxygen atoms in total. The molecule has 2 aliphatic rings. The van der Waals surface area contributed by atoms with Crippen LogP contribution in [0.25, 0.3) is 0 Å². The van der Waals surface area contributed by atoms with Crippen LogP contribution in [-0.2, 0) is 0 Å². The second-order valence-corrected chi connectivity index (χ2v) is 6.45. The lowest BCUT2D eigenvalue weighted by Gasteiger charge is -2.14. The first-order chi connectivity index (χ1) is 8.22. The quantitative estimate of drug-likeness (QED) is 0.729. The molecule has 0 bridgehead atoms. The number of hydrogen-bond acceptors (Lipinski definition) is 1. The summed E-state index contributed by atoms with van der Waals surface area (Å²) < 4.78 is 6.28. The molecular formula is C14H16BrClO. The molecule has 92 valence electrons. The number of alkyl halides is 1. The highest BCUT2D eigenvalue weighted by atomic mass is 79.9. The minimum absolute atomic E-state index is 0.158. The number of hydrogen-bond donors (Lipinski definition) is 0. The van der Waals surface area contributed by atoms with Crippen molar-refractivity contribution in [1.82, 2.24) is 0 Å². The maximum absolute atomic E-state index is 6.64. The van der Waals surface area contributed by atoms with Crippen molar-refractivity contribution in [3.05, 3.63) is 28.2 Å². The Morgan fingerprint density at radius 3 is 2.65 bits per heavy atom. The van der Waals surface area contributed by atoms with Gasteiger partial charge in [-0.2, -0.15) is 0 Å². The molecule has 0 heterocycles. The average molecular weight is 316 g/mol. The molecule has 3 unspecified atom stereocenters. The molecule has 2 fully saturated rings. The van der Waals surface area contributed by atoms with Crippen molar-refractivity contribution in [2.75, 3.05) is 7.11 Å². The van der Waals surface area contributed by atoms with Gasteiger partial charge in [-0.05, 0) is 48.3 Å². The van der Waals surface area contributed by atoms with Crippen molar-refractivity contribution in [3.8, 4) is 5.75 Å². The number of methoxy groups -OCH3 is 1. The van der Waals surface area contributed by atoms with Gasteiger partial charge in [0, 0.05) is 4.47 Å². The third kappa shape index (κ3) is 2.00. The Hall–Kier alpha value is -0.210. The fourth-order valence-electron chi connectivity index (χ4n) is 3.38. The smallest absolute Gasteiger partial charge is 0.120 e. The van der Waals surface area contributed by atoms with E-state index in [0.29, 0.717) is 5.92 Å². The maximum atomic E-state index is 6.64. The van der Waals surface area contributed by atoms with Crippen LogP contribution < -0.4 is 4.74 Å². The highest BCUT2D eigenvalue weighted by Crippen LogP contribution is 2.64. The summed E-state index contributed by atoms with van der Waals surface area (Å²) in [6.45, 7) is 0. The molecular weight excluding hydrogens is 300 g/mol. The lowest BCUT2D eigenvalue weighted by molar-refractivity contribution is 0.414. The van der Waals surface area contributed by atoms with E-state index < -0.39 is 0 Å². The van der Waals surface area contributed by atoms with Crippen LogP contribution >= 0.6 is 27.5 Å². The van der Waals surface area contributed by atoms with E-state index in [1.165, 1.54) is 24.8 Å². The van der Waals surface area contributed by atoms with Gasteiger partial charge in [-0.15, -0.1) is 11.6 Å². The normalized spacial score (nSPS) is 32.1. The third-order valence-electron chi connectivity index (χ3n) is 4.32. The summed E-state index contributed by atoms with van der Waals surface area (Å²) in [5.74, 6) is 3.37. The van der Waals surface area contributed by atoms with Gasteiger partial charge in [0.15, 0.2) is 0 Å². The van der Waals surface area contributed by atoms with E-state index in [4.69, 9.17) is 16.3 Å². The van der Waals surface area contributed by atoms with Gasteiger partial charge in [-0.3, -0.25) is 0 Å². The fourth-order valence-corrected chi connectivity index (χ4v) is 4.68. The summed E-state index contributed by atoms with van der Waals surface area (Å²) in [4.78, 5) is 0. The van der Waals surface area contributed by atoms with E-state index in [1.54, 1.807) is 7.11 Å². The summed E-state index contributed by atoms with van der Waals surface area (Å²) in [5, 5.41) is 0.158. The van der Waals surface area contributed by atoms with Crippen LogP contribution in [-0.4, -0.2) is 7.11 Å². The predicted octanol–water partition coefficient (Wildman–Crippen LogP) is 4.78. The first-order valence-electron chi connectivity index (χ1n) is 6.20. The Morgan fingerprint density at radius 1 is 1.35 bits per heavy atom. The molecule has 2 saturated carbocycles. The summed E-state index contributed by atoms with van der Waals surface area (Å²) in [7, 11) is 1.69. The van der Waals surface area contributed by atoms with Crippen LogP contribution in [0.4, 0.5) is 0 Å². The molecule has 0 aromatic heterocycles. The number of rotatable bonds is 3. The standard InChI is InChI=1S/C14H16BrClO/c1-17-8-5-6-11(12(15)7-8)14(16)13-9-3-2-4-10(9)13/h5-7,9-10,13-14H,2-4H2,1H3. The summed E-state index contributed by atoms with van der Waals surface area (Å²) >= 11 is 10.2. The van der Waals surface area contributed by atoms with E-state index in [1.807, 2.05) is 12.1 Å². The van der Waals surface area contributed by atoms with Crippen molar-refractivity contribution >= 4 is 27.5 Å². The molecule has 1 aromatic carbocycles. The van der Waals surface area contributed by atoms with Gasteiger partial charge in [-0.1, -0.05) is 28.4 Å². The minimum Gasteiger partial charge on any atom is -0.497 e. The largest absolute Gasteiger partial charge is 0.497 e. The number of fused-ring (bicyclic) bond motifs is 1. The van der Waals surface area contributed by atoms with Gasteiger partial charge in [0.25, 0.3) is 0 Å². The maximum Gasteiger partial charge on any atom is 0.120 e. The average Bonchev–Trinajstić information content (AvgIpc) is 2.81. The second kappa shape index (κ2) is 4.47. The number of benzene rings is 1. The van der Waals surface area contributed by atoms with Gasteiger partial charge >= 0.3 is 0 Å². The van der Waals surface area contributed by atoms with Crippen LogP contribution in [0, 0.1) is 17.8 Å². The van der Waals surface area contributed by atoms with E-state index in [2.05, 4.69) is 22.0 Å². The summed E-state index contributed by atoms with van der Waals surface area (Å²) in [6, 6.07) is 6.09. The highest BCUT2D eigenvalue weighted by molar-refractivity contribution is 9.10. The molecule has 3 atom stereocenters. The lowest BCUT2D eigenvalue weighted by atomic mass is 10.0. The van der Waals surface area contributed by atoms with Gasteiger partial charge in [0.1, 0.15) is 5.75 Å². The Bertz CT molecular complexity index is 424. The molecule has 17 heavy (non-hydrogen) atoms. The number of halogens is 2. The molecule has 0 saturated heterocycles. The predicted molar refractivity (Wildman–Crippen MR) is 73.6 cm³/mol. The molecule has 3 rings (SSSR count). The van der Waals surface area contributed by atoms with E-state index >= 15 is 0 Å². The van der Waals surface area contributed by atoms with E-state index in [9.17, 15) is 0 Å². The highest BCUT2D eigenvalue weighted by Gasteiger charge is 2.55. The van der Waals surface area contributed by atoms with Crippen LogP contribution in [0.5, 0.6) is 5.75 Å². The topological polar surface area (TPSA) is 9.23 Å². The molecule has 1 aromatic rings. The summed E-state index contributed by atoms with van der Waals surface area (Å²) in [6.07, 6.45) is 4.16. The van der Waals surface area contributed by atoms with Crippen LogP contribution in [0.15, 0.2) is 22.7 Å². The molecule has 2 aliphatic carbocycles. The monoisotopic (exact) mass is 314 g/mol. The van der Waals surface area contributed by atoms with Gasteiger partial charge in [0.05, 0.1) is 12.5 Å². The van der Waals surface area contributed by atoms with E-state index in [0.717, 1.165) is 22.1 Å². The lowest BCUT2D eigenvalue weighted by Crippen LogP contribution is -2.00. The second-order valence-electron chi connectivity index (χ2n) is 5.13. The molecule has 0 amide bonds. The van der Waals surface area contributed by atoms with E-state index in [-0.39, 0.29) is 5.38 Å². The molecule has 0 aliphatic heterocycles. The van der Waals surface area contributed by atoms with Crippen molar-refractivity contribution in [2.24, 2.45) is 17.8 Å². The van der Waals surface area contributed by atoms with Crippen molar-refractivity contribution < 1.29 is 4.74 Å². The van der Waals surface area contributed by atoms with Gasteiger partial charge in [-0.25, -0.2) is 0 Å². The molecule has 0 spiro atoms. The molecule has 3 heteroatoms. The van der Waals surface area contributed by atoms with Crippen LogP contribution in [0.1, 0.15) is 30.2 Å². The minimum atomic E-state index is 0.158. The van der Waals surface area contributed by atoms with Gasteiger partial charge < -0.3 is 4.74 Å². The molecule has 0 N–H and O–H groups in total. The zero-order valence-electron chi connectivity index (χ0n) is 9.83. The first-order valence-corrected chi connectivity index (χ1v) is 7.43. The Morgan fingerprint density at radius 2 is 2.06 bits per heavy atom. The van der Waals surface area contributed by atoms with Crippen LogP contribution in [0.3, 0.4) is 0 Å². The molecule has 0 radical (unpaired) electrons. The SMILES string of the molecule is COc1ccc(C(Cl)C2C3CCCC32)c(Br)c1. The van der Waals surface area contributed by atoms with Crippen molar-refractivity contribution in [1.29, 1.82) is 0 Å².